The predicted molar refractivity (Wildman–Crippen MR) is 63.4 cm³/mol. The molecule has 92 valence electrons. The van der Waals surface area contributed by atoms with Crippen LogP contribution in [0, 0.1) is 0 Å². The number of hydrogen-bond acceptors (Lipinski definition) is 4. The van der Waals surface area contributed by atoms with Crippen LogP contribution in [0.25, 0.3) is 0 Å². The molecule has 0 saturated carbocycles. The molecule has 0 radical (unpaired) electrons. The minimum Gasteiger partial charge on any atom is -0.301 e. The van der Waals surface area contributed by atoms with Gasteiger partial charge in [-0.15, -0.1) is 10.2 Å². The van der Waals surface area contributed by atoms with Crippen molar-refractivity contribution in [3.63, 3.8) is 0 Å². The quantitative estimate of drug-likeness (QED) is 0.778. The van der Waals surface area contributed by atoms with E-state index in [4.69, 9.17) is 11.6 Å². The Balaban J connectivity index is 2.76. The van der Waals surface area contributed by atoms with Crippen LogP contribution in [-0.2, 0) is 22.8 Å². The minimum absolute atomic E-state index is 0.0813. The predicted octanol–water partition coefficient (Wildman–Crippen LogP) is 1.32. The molecule has 0 saturated heterocycles. The highest BCUT2D eigenvalue weighted by Crippen LogP contribution is 2.10. The van der Waals surface area contributed by atoms with Crippen molar-refractivity contribution < 1.29 is 8.42 Å². The van der Waals surface area contributed by atoms with Crippen LogP contribution in [0.2, 0.25) is 5.28 Å². The van der Waals surface area contributed by atoms with Crippen LogP contribution in [0.15, 0.2) is 0 Å². The van der Waals surface area contributed by atoms with Crippen LogP contribution < -0.4 is 0 Å². The summed E-state index contributed by atoms with van der Waals surface area (Å²) in [5.74, 6) is 0.979. The standard InChI is InChI=1S/C9H16ClN3O2S/c1-3-5-8-11-12-9(10)13(8)6-7-16(14,15)4-2/h3-7H2,1-2H3. The van der Waals surface area contributed by atoms with Gasteiger partial charge < -0.3 is 4.57 Å². The van der Waals surface area contributed by atoms with Crippen molar-refractivity contribution in [1.82, 2.24) is 14.8 Å². The molecule has 0 aliphatic rings. The van der Waals surface area contributed by atoms with E-state index in [0.29, 0.717) is 6.54 Å². The van der Waals surface area contributed by atoms with Crippen molar-refractivity contribution >= 4 is 21.4 Å². The van der Waals surface area contributed by atoms with Crippen LogP contribution in [0.3, 0.4) is 0 Å². The highest BCUT2D eigenvalue weighted by atomic mass is 35.5. The van der Waals surface area contributed by atoms with Crippen LogP contribution in [0.4, 0.5) is 0 Å². The summed E-state index contributed by atoms with van der Waals surface area (Å²) in [6.07, 6.45) is 1.68. The number of sulfone groups is 1. The third-order valence-electron chi connectivity index (χ3n) is 2.32. The van der Waals surface area contributed by atoms with Gasteiger partial charge in [0.15, 0.2) is 9.84 Å². The highest BCUT2D eigenvalue weighted by Gasteiger charge is 2.13. The van der Waals surface area contributed by atoms with Gasteiger partial charge in [-0.3, -0.25) is 0 Å². The Morgan fingerprint density at radius 2 is 2.00 bits per heavy atom. The van der Waals surface area contributed by atoms with Gasteiger partial charge in [-0.05, 0) is 18.0 Å². The highest BCUT2D eigenvalue weighted by molar-refractivity contribution is 7.91. The molecule has 0 aliphatic carbocycles. The van der Waals surface area contributed by atoms with Crippen molar-refractivity contribution in [2.24, 2.45) is 0 Å². The number of nitrogens with zero attached hydrogens (tertiary/aromatic N) is 3. The zero-order valence-electron chi connectivity index (χ0n) is 9.48. The lowest BCUT2D eigenvalue weighted by Crippen LogP contribution is -2.16. The Kier molecular flexibility index (Phi) is 4.73. The molecule has 1 aromatic rings. The normalized spacial score (nSPS) is 11.9. The summed E-state index contributed by atoms with van der Waals surface area (Å²) in [6, 6.07) is 0. The maximum atomic E-state index is 11.4. The van der Waals surface area contributed by atoms with Crippen molar-refractivity contribution in [3.05, 3.63) is 11.1 Å². The van der Waals surface area contributed by atoms with Gasteiger partial charge in [0.05, 0.1) is 5.75 Å². The van der Waals surface area contributed by atoms with Crippen molar-refractivity contribution in [3.8, 4) is 0 Å². The van der Waals surface area contributed by atoms with E-state index in [1.54, 1.807) is 11.5 Å². The second kappa shape index (κ2) is 5.63. The Hall–Kier alpha value is -0.620. The summed E-state index contributed by atoms with van der Waals surface area (Å²) in [7, 11) is -2.98. The Bertz CT molecular complexity index is 442. The van der Waals surface area contributed by atoms with Gasteiger partial charge in [0.25, 0.3) is 0 Å². The first-order chi connectivity index (χ1) is 7.50. The van der Waals surface area contributed by atoms with Crippen molar-refractivity contribution in [2.45, 2.75) is 33.2 Å². The van der Waals surface area contributed by atoms with E-state index in [1.807, 2.05) is 6.92 Å². The summed E-state index contributed by atoms with van der Waals surface area (Å²) in [5.41, 5.74) is 0. The second-order valence-corrected chi connectivity index (χ2v) is 6.33. The van der Waals surface area contributed by atoms with E-state index in [9.17, 15) is 8.42 Å². The molecule has 0 unspecified atom stereocenters. The molecule has 0 bridgehead atoms. The fourth-order valence-electron chi connectivity index (χ4n) is 1.32. The topological polar surface area (TPSA) is 64.8 Å². The largest absolute Gasteiger partial charge is 0.301 e. The summed E-state index contributed by atoms with van der Waals surface area (Å²) in [5, 5.41) is 7.92. The number of rotatable bonds is 6. The number of halogens is 1. The van der Waals surface area contributed by atoms with E-state index in [2.05, 4.69) is 10.2 Å². The molecule has 7 heteroatoms. The average Bonchev–Trinajstić information content (AvgIpc) is 2.58. The third-order valence-corrected chi connectivity index (χ3v) is 4.29. The smallest absolute Gasteiger partial charge is 0.225 e. The summed E-state index contributed by atoms with van der Waals surface area (Å²) < 4.78 is 24.4. The monoisotopic (exact) mass is 265 g/mol. The van der Waals surface area contributed by atoms with Gasteiger partial charge in [-0.25, -0.2) is 8.42 Å². The summed E-state index contributed by atoms with van der Waals surface area (Å²) >= 11 is 5.85. The molecular formula is C9H16ClN3O2S. The first kappa shape index (κ1) is 13.4. The van der Waals surface area contributed by atoms with E-state index in [0.717, 1.165) is 18.7 Å². The molecule has 0 aliphatic heterocycles. The van der Waals surface area contributed by atoms with Crippen LogP contribution in [0.1, 0.15) is 26.1 Å². The fraction of sp³-hybridized carbons (Fsp3) is 0.778. The minimum atomic E-state index is -2.98. The fourth-order valence-corrected chi connectivity index (χ4v) is 2.29. The maximum Gasteiger partial charge on any atom is 0.225 e. The van der Waals surface area contributed by atoms with Crippen molar-refractivity contribution in [2.75, 3.05) is 11.5 Å². The summed E-state index contributed by atoms with van der Waals surface area (Å²) in [4.78, 5) is 0. The van der Waals surface area contributed by atoms with E-state index in [-0.39, 0.29) is 16.8 Å². The molecule has 0 amide bonds. The first-order valence-corrected chi connectivity index (χ1v) is 7.48. The van der Waals surface area contributed by atoms with Gasteiger partial charge >= 0.3 is 0 Å². The molecule has 0 N–H and O–H groups in total. The zero-order valence-corrected chi connectivity index (χ0v) is 11.1. The average molecular weight is 266 g/mol. The lowest BCUT2D eigenvalue weighted by Gasteiger charge is -2.06. The van der Waals surface area contributed by atoms with E-state index < -0.39 is 9.84 Å². The molecular weight excluding hydrogens is 250 g/mol. The molecule has 5 nitrogen and oxygen atoms in total. The number of hydrogen-bond donors (Lipinski definition) is 0. The molecule has 1 heterocycles. The lowest BCUT2D eigenvalue weighted by atomic mass is 10.3. The SMILES string of the molecule is CCCc1nnc(Cl)n1CCS(=O)(=O)CC. The number of aryl methyl sites for hydroxylation is 1. The molecule has 0 fully saturated rings. The van der Waals surface area contributed by atoms with Crippen LogP contribution >= 0.6 is 11.6 Å². The lowest BCUT2D eigenvalue weighted by molar-refractivity contribution is 0.587. The van der Waals surface area contributed by atoms with E-state index in [1.165, 1.54) is 0 Å². The summed E-state index contributed by atoms with van der Waals surface area (Å²) in [6.45, 7) is 3.99. The zero-order chi connectivity index (χ0) is 12.2. The van der Waals surface area contributed by atoms with Crippen LogP contribution in [-0.4, -0.2) is 34.7 Å². The van der Waals surface area contributed by atoms with Gasteiger partial charge in [0.2, 0.25) is 5.28 Å². The maximum absolute atomic E-state index is 11.4. The van der Waals surface area contributed by atoms with Crippen LogP contribution in [0.5, 0.6) is 0 Å². The molecule has 0 aromatic carbocycles. The Morgan fingerprint density at radius 3 is 2.56 bits per heavy atom. The van der Waals surface area contributed by atoms with Gasteiger partial charge in [0.1, 0.15) is 5.82 Å². The molecule has 0 spiro atoms. The second-order valence-electron chi connectivity index (χ2n) is 3.52. The van der Waals surface area contributed by atoms with Gasteiger partial charge in [-0.2, -0.15) is 0 Å². The first-order valence-electron chi connectivity index (χ1n) is 5.28. The molecule has 1 rings (SSSR count). The number of aromatic nitrogens is 3. The Morgan fingerprint density at radius 1 is 1.31 bits per heavy atom. The van der Waals surface area contributed by atoms with Gasteiger partial charge in [0, 0.05) is 18.7 Å². The molecule has 1 aromatic heterocycles. The molecule has 0 atom stereocenters. The van der Waals surface area contributed by atoms with Gasteiger partial charge in [-0.1, -0.05) is 13.8 Å². The Labute approximate surface area is 101 Å². The van der Waals surface area contributed by atoms with Crippen molar-refractivity contribution in [1.29, 1.82) is 0 Å². The molecule has 16 heavy (non-hydrogen) atoms. The van der Waals surface area contributed by atoms with E-state index >= 15 is 0 Å². The third kappa shape index (κ3) is 3.45.